The standard InChI is InChI=1S/C15H23FN2O2/c1-10(18-9-15(2,3)14(19)17-4)11-6-7-13(20-5)12(16)8-11/h6-8,10,18H,9H2,1-5H3,(H,17,19). The average molecular weight is 282 g/mol. The van der Waals surface area contributed by atoms with Gasteiger partial charge in [-0.05, 0) is 38.5 Å². The Morgan fingerprint density at radius 1 is 1.45 bits per heavy atom. The summed E-state index contributed by atoms with van der Waals surface area (Å²) in [7, 11) is 3.05. The van der Waals surface area contributed by atoms with Crippen LogP contribution in [-0.2, 0) is 4.79 Å². The van der Waals surface area contributed by atoms with Crippen LogP contribution < -0.4 is 15.4 Å². The summed E-state index contributed by atoms with van der Waals surface area (Å²) in [4.78, 5) is 11.7. The van der Waals surface area contributed by atoms with Gasteiger partial charge in [0.1, 0.15) is 0 Å². The Morgan fingerprint density at radius 2 is 2.10 bits per heavy atom. The topological polar surface area (TPSA) is 50.4 Å². The number of halogens is 1. The predicted octanol–water partition coefficient (Wildman–Crippen LogP) is 2.26. The molecule has 0 heterocycles. The summed E-state index contributed by atoms with van der Waals surface area (Å²) in [6.45, 7) is 6.16. The molecule has 0 aliphatic carbocycles. The van der Waals surface area contributed by atoms with E-state index in [0.29, 0.717) is 6.54 Å². The molecular weight excluding hydrogens is 259 g/mol. The molecule has 4 nitrogen and oxygen atoms in total. The van der Waals surface area contributed by atoms with Crippen molar-refractivity contribution >= 4 is 5.91 Å². The predicted molar refractivity (Wildman–Crippen MR) is 77.2 cm³/mol. The highest BCUT2D eigenvalue weighted by Crippen LogP contribution is 2.22. The Balaban J connectivity index is 2.70. The number of rotatable bonds is 6. The largest absolute Gasteiger partial charge is 0.494 e. The third-order valence-corrected chi connectivity index (χ3v) is 3.37. The Kier molecular flexibility index (Phi) is 5.51. The fourth-order valence-electron chi connectivity index (χ4n) is 1.90. The van der Waals surface area contributed by atoms with Crippen molar-refractivity contribution < 1.29 is 13.9 Å². The van der Waals surface area contributed by atoms with Crippen molar-refractivity contribution in [2.45, 2.75) is 26.8 Å². The maximum atomic E-state index is 13.7. The van der Waals surface area contributed by atoms with Gasteiger partial charge < -0.3 is 15.4 Å². The molecule has 0 saturated heterocycles. The van der Waals surface area contributed by atoms with E-state index in [2.05, 4.69) is 10.6 Å². The van der Waals surface area contributed by atoms with Crippen LogP contribution in [0.15, 0.2) is 18.2 Å². The van der Waals surface area contributed by atoms with Gasteiger partial charge in [0, 0.05) is 19.6 Å². The van der Waals surface area contributed by atoms with Crippen molar-refractivity contribution in [3.63, 3.8) is 0 Å². The summed E-state index contributed by atoms with van der Waals surface area (Å²) in [6, 6.07) is 4.81. The minimum absolute atomic E-state index is 0.0295. The first-order valence-electron chi connectivity index (χ1n) is 6.61. The second-order valence-corrected chi connectivity index (χ2v) is 5.46. The molecule has 2 N–H and O–H groups in total. The van der Waals surface area contributed by atoms with E-state index in [-0.39, 0.29) is 23.5 Å². The van der Waals surface area contributed by atoms with Crippen LogP contribution in [0.3, 0.4) is 0 Å². The van der Waals surface area contributed by atoms with Gasteiger partial charge in [-0.15, -0.1) is 0 Å². The maximum Gasteiger partial charge on any atom is 0.226 e. The molecule has 0 aliphatic rings. The summed E-state index contributed by atoms with van der Waals surface area (Å²) in [5, 5.41) is 5.89. The smallest absolute Gasteiger partial charge is 0.226 e. The van der Waals surface area contributed by atoms with Gasteiger partial charge in [0.15, 0.2) is 11.6 Å². The molecule has 0 bridgehead atoms. The van der Waals surface area contributed by atoms with Gasteiger partial charge in [0.25, 0.3) is 0 Å². The zero-order valence-electron chi connectivity index (χ0n) is 12.7. The number of benzene rings is 1. The van der Waals surface area contributed by atoms with Crippen molar-refractivity contribution in [1.29, 1.82) is 0 Å². The summed E-state index contributed by atoms with van der Waals surface area (Å²) >= 11 is 0. The van der Waals surface area contributed by atoms with Crippen molar-refractivity contribution in [3.05, 3.63) is 29.6 Å². The van der Waals surface area contributed by atoms with Crippen LogP contribution in [0.4, 0.5) is 4.39 Å². The Bertz CT molecular complexity index is 475. The Hall–Kier alpha value is -1.62. The molecule has 0 fully saturated rings. The number of nitrogens with one attached hydrogen (secondary N) is 2. The monoisotopic (exact) mass is 282 g/mol. The molecule has 0 aliphatic heterocycles. The molecule has 0 radical (unpaired) electrons. The van der Waals surface area contributed by atoms with Crippen LogP contribution >= 0.6 is 0 Å². The average Bonchev–Trinajstić information content (AvgIpc) is 2.43. The molecule has 1 amide bonds. The molecule has 1 unspecified atom stereocenters. The van der Waals surface area contributed by atoms with E-state index in [0.717, 1.165) is 5.56 Å². The number of amides is 1. The van der Waals surface area contributed by atoms with Gasteiger partial charge in [-0.2, -0.15) is 0 Å². The zero-order valence-corrected chi connectivity index (χ0v) is 12.7. The minimum atomic E-state index is -0.520. The molecule has 0 spiro atoms. The summed E-state index contributed by atoms with van der Waals surface area (Å²) in [6.07, 6.45) is 0. The van der Waals surface area contributed by atoms with Crippen LogP contribution in [0, 0.1) is 11.2 Å². The molecular formula is C15H23FN2O2. The van der Waals surface area contributed by atoms with Crippen LogP contribution in [-0.4, -0.2) is 26.6 Å². The molecule has 0 aromatic heterocycles. The maximum absolute atomic E-state index is 13.7. The molecule has 1 aromatic rings. The van der Waals surface area contributed by atoms with Crippen molar-refractivity contribution in [1.82, 2.24) is 10.6 Å². The zero-order chi connectivity index (χ0) is 15.3. The van der Waals surface area contributed by atoms with Gasteiger partial charge >= 0.3 is 0 Å². The van der Waals surface area contributed by atoms with Crippen molar-refractivity contribution in [2.75, 3.05) is 20.7 Å². The first-order valence-corrected chi connectivity index (χ1v) is 6.61. The number of hydrogen-bond acceptors (Lipinski definition) is 3. The molecule has 1 atom stereocenters. The molecule has 112 valence electrons. The first-order chi connectivity index (χ1) is 9.31. The Labute approximate surface area is 119 Å². The lowest BCUT2D eigenvalue weighted by molar-refractivity contribution is -0.128. The normalized spacial score (nSPS) is 12.9. The van der Waals surface area contributed by atoms with Gasteiger partial charge in [0.2, 0.25) is 5.91 Å². The van der Waals surface area contributed by atoms with E-state index in [4.69, 9.17) is 4.74 Å². The number of ether oxygens (including phenoxy) is 1. The highest BCUT2D eigenvalue weighted by Gasteiger charge is 2.26. The fraction of sp³-hybridized carbons (Fsp3) is 0.533. The molecule has 20 heavy (non-hydrogen) atoms. The van der Waals surface area contributed by atoms with Crippen LogP contribution in [0.2, 0.25) is 0 Å². The summed E-state index contributed by atoms with van der Waals surface area (Å²) in [5.74, 6) is -0.186. The molecule has 0 saturated carbocycles. The van der Waals surface area contributed by atoms with Crippen LogP contribution in [0.5, 0.6) is 5.75 Å². The van der Waals surface area contributed by atoms with Crippen LogP contribution in [0.25, 0.3) is 0 Å². The molecule has 1 aromatic carbocycles. The van der Waals surface area contributed by atoms with E-state index in [9.17, 15) is 9.18 Å². The fourth-order valence-corrected chi connectivity index (χ4v) is 1.90. The minimum Gasteiger partial charge on any atom is -0.494 e. The third kappa shape index (κ3) is 3.93. The Morgan fingerprint density at radius 3 is 2.60 bits per heavy atom. The SMILES string of the molecule is CNC(=O)C(C)(C)CNC(C)c1ccc(OC)c(F)c1. The lowest BCUT2D eigenvalue weighted by atomic mass is 9.91. The van der Waals surface area contributed by atoms with Crippen molar-refractivity contribution in [3.8, 4) is 5.75 Å². The molecule has 1 rings (SSSR count). The van der Waals surface area contributed by atoms with Gasteiger partial charge in [-0.3, -0.25) is 4.79 Å². The highest BCUT2D eigenvalue weighted by molar-refractivity contribution is 5.81. The van der Waals surface area contributed by atoms with Crippen molar-refractivity contribution in [2.24, 2.45) is 5.41 Å². The lowest BCUT2D eigenvalue weighted by Gasteiger charge is -2.25. The van der Waals surface area contributed by atoms with Crippen LogP contribution in [0.1, 0.15) is 32.4 Å². The van der Waals surface area contributed by atoms with Gasteiger partial charge in [0.05, 0.1) is 12.5 Å². The first kappa shape index (κ1) is 16.4. The number of carbonyl (C=O) groups is 1. The summed E-state index contributed by atoms with van der Waals surface area (Å²) < 4.78 is 18.5. The second-order valence-electron chi connectivity index (χ2n) is 5.46. The third-order valence-electron chi connectivity index (χ3n) is 3.37. The molecule has 5 heteroatoms. The van der Waals surface area contributed by atoms with E-state index in [1.165, 1.54) is 13.2 Å². The number of hydrogen-bond donors (Lipinski definition) is 2. The summed E-state index contributed by atoms with van der Waals surface area (Å²) in [5.41, 5.74) is 0.296. The van der Waals surface area contributed by atoms with Gasteiger partial charge in [-0.1, -0.05) is 6.07 Å². The van der Waals surface area contributed by atoms with E-state index < -0.39 is 5.41 Å². The van der Waals surface area contributed by atoms with E-state index >= 15 is 0 Å². The lowest BCUT2D eigenvalue weighted by Crippen LogP contribution is -2.42. The van der Waals surface area contributed by atoms with Gasteiger partial charge in [-0.25, -0.2) is 4.39 Å². The number of carbonyl (C=O) groups excluding carboxylic acids is 1. The quantitative estimate of drug-likeness (QED) is 0.841. The second kappa shape index (κ2) is 6.70. The van der Waals surface area contributed by atoms with E-state index in [1.54, 1.807) is 13.1 Å². The van der Waals surface area contributed by atoms with E-state index in [1.807, 2.05) is 26.8 Å². The number of methoxy groups -OCH3 is 1. The highest BCUT2D eigenvalue weighted by atomic mass is 19.1.